The van der Waals surface area contributed by atoms with Crippen LogP contribution >= 0.6 is 0 Å². The van der Waals surface area contributed by atoms with Crippen LogP contribution in [-0.4, -0.2) is 6.54 Å². The summed E-state index contributed by atoms with van der Waals surface area (Å²) in [6.07, 6.45) is 9.59. The van der Waals surface area contributed by atoms with E-state index >= 15 is 0 Å². The molecule has 3 unspecified atom stereocenters. The van der Waals surface area contributed by atoms with Gasteiger partial charge in [-0.25, -0.2) is 0 Å². The third kappa shape index (κ3) is 2.79. The van der Waals surface area contributed by atoms with E-state index in [1.54, 1.807) is 11.1 Å². The Bertz CT molecular complexity index is 418. The average molecular weight is 271 g/mol. The maximum Gasteiger partial charge on any atom is -0.00430 e. The second-order valence-corrected chi connectivity index (χ2v) is 6.98. The summed E-state index contributed by atoms with van der Waals surface area (Å²) in [5.74, 6) is 3.17. The second-order valence-electron chi connectivity index (χ2n) is 6.98. The number of rotatable bonds is 4. The Hall–Kier alpha value is -0.820. The highest BCUT2D eigenvalue weighted by molar-refractivity contribution is 5.29. The molecule has 0 radical (unpaired) electrons. The highest BCUT2D eigenvalue weighted by atomic mass is 14.6. The molecule has 3 atom stereocenters. The zero-order valence-corrected chi connectivity index (χ0v) is 12.9. The van der Waals surface area contributed by atoms with E-state index in [2.05, 4.69) is 31.2 Å². The molecule has 1 aromatic carbocycles. The molecule has 0 spiro atoms. The van der Waals surface area contributed by atoms with Gasteiger partial charge in [-0.2, -0.15) is 0 Å². The van der Waals surface area contributed by atoms with E-state index < -0.39 is 0 Å². The summed E-state index contributed by atoms with van der Waals surface area (Å²) in [7, 11) is 0. The Morgan fingerprint density at radius 1 is 1.00 bits per heavy atom. The zero-order valence-electron chi connectivity index (χ0n) is 12.9. The monoisotopic (exact) mass is 271 g/mol. The fourth-order valence-electron chi connectivity index (χ4n) is 4.14. The van der Waals surface area contributed by atoms with E-state index in [1.165, 1.54) is 44.9 Å². The first-order chi connectivity index (χ1) is 9.81. The molecule has 2 aliphatic carbocycles. The van der Waals surface area contributed by atoms with Gasteiger partial charge in [0.05, 0.1) is 0 Å². The second kappa shape index (κ2) is 6.30. The predicted molar refractivity (Wildman–Crippen MR) is 86.0 cm³/mol. The van der Waals surface area contributed by atoms with Crippen molar-refractivity contribution in [1.29, 1.82) is 0 Å². The molecule has 1 heteroatoms. The summed E-state index contributed by atoms with van der Waals surface area (Å²) in [4.78, 5) is 0. The Morgan fingerprint density at radius 2 is 1.70 bits per heavy atom. The summed E-state index contributed by atoms with van der Waals surface area (Å²) in [5.41, 5.74) is 9.13. The fraction of sp³-hybridized carbons (Fsp3) is 0.684. The molecule has 3 rings (SSSR count). The molecule has 1 nitrogen and oxygen atoms in total. The van der Waals surface area contributed by atoms with Crippen LogP contribution in [0.2, 0.25) is 0 Å². The largest absolute Gasteiger partial charge is 0.330 e. The fourth-order valence-corrected chi connectivity index (χ4v) is 4.14. The number of hydrogen-bond donors (Lipinski definition) is 1. The van der Waals surface area contributed by atoms with Gasteiger partial charge in [0.1, 0.15) is 0 Å². The average Bonchev–Trinajstić information content (AvgIpc) is 2.45. The van der Waals surface area contributed by atoms with Crippen LogP contribution in [0, 0.1) is 11.8 Å². The maximum atomic E-state index is 6.03. The van der Waals surface area contributed by atoms with Gasteiger partial charge in [-0.05, 0) is 67.0 Å². The molecule has 0 aromatic heterocycles. The minimum atomic E-state index is 0.701. The standard InChI is InChI=1S/C19H29N/c1-2-14-6-7-18(13-20)19(12-14)17-10-8-16(9-11-17)15-4-3-5-15/h8-11,14-15,18-19H,2-7,12-13,20H2,1H3. The summed E-state index contributed by atoms with van der Waals surface area (Å²) in [6.45, 7) is 3.19. The number of nitrogens with two attached hydrogens (primary N) is 1. The third-order valence-electron chi connectivity index (χ3n) is 5.92. The molecule has 2 N–H and O–H groups in total. The van der Waals surface area contributed by atoms with E-state index in [0.717, 1.165) is 18.4 Å². The summed E-state index contributed by atoms with van der Waals surface area (Å²) < 4.78 is 0. The predicted octanol–water partition coefficient (Wildman–Crippen LogP) is 4.82. The van der Waals surface area contributed by atoms with Crippen molar-refractivity contribution in [3.8, 4) is 0 Å². The van der Waals surface area contributed by atoms with E-state index in [0.29, 0.717) is 11.8 Å². The SMILES string of the molecule is CCC1CCC(CN)C(c2ccc(C3CCC3)cc2)C1. The van der Waals surface area contributed by atoms with Gasteiger partial charge >= 0.3 is 0 Å². The molecule has 2 saturated carbocycles. The third-order valence-corrected chi connectivity index (χ3v) is 5.92. The molecule has 1 aromatic rings. The highest BCUT2D eigenvalue weighted by Gasteiger charge is 2.30. The molecule has 0 saturated heterocycles. The van der Waals surface area contributed by atoms with Crippen molar-refractivity contribution in [3.63, 3.8) is 0 Å². The van der Waals surface area contributed by atoms with Crippen LogP contribution in [0.4, 0.5) is 0 Å². The van der Waals surface area contributed by atoms with Crippen LogP contribution in [0.1, 0.15) is 74.8 Å². The summed E-state index contributed by atoms with van der Waals surface area (Å²) in [5, 5.41) is 0. The minimum absolute atomic E-state index is 0.701. The van der Waals surface area contributed by atoms with Crippen molar-refractivity contribution in [2.45, 2.75) is 63.7 Å². The van der Waals surface area contributed by atoms with Gasteiger partial charge in [0, 0.05) is 0 Å². The van der Waals surface area contributed by atoms with Crippen LogP contribution in [0.3, 0.4) is 0 Å². The van der Waals surface area contributed by atoms with Crippen molar-refractivity contribution in [2.75, 3.05) is 6.54 Å². The molecule has 0 amide bonds. The van der Waals surface area contributed by atoms with Crippen molar-refractivity contribution in [1.82, 2.24) is 0 Å². The topological polar surface area (TPSA) is 26.0 Å². The van der Waals surface area contributed by atoms with Gasteiger partial charge in [0.2, 0.25) is 0 Å². The Kier molecular flexibility index (Phi) is 4.45. The normalized spacial score (nSPS) is 31.0. The van der Waals surface area contributed by atoms with Gasteiger partial charge in [0.25, 0.3) is 0 Å². The van der Waals surface area contributed by atoms with Gasteiger partial charge < -0.3 is 5.73 Å². The number of hydrogen-bond acceptors (Lipinski definition) is 1. The Labute approximate surface area is 124 Å². The lowest BCUT2D eigenvalue weighted by molar-refractivity contribution is 0.236. The molecule has 0 aliphatic heterocycles. The molecule has 2 aliphatic rings. The van der Waals surface area contributed by atoms with E-state index in [1.807, 2.05) is 0 Å². The van der Waals surface area contributed by atoms with E-state index in [-0.39, 0.29) is 0 Å². The van der Waals surface area contributed by atoms with Crippen LogP contribution < -0.4 is 5.73 Å². The molecule has 2 fully saturated rings. The first-order valence-corrected chi connectivity index (χ1v) is 8.61. The maximum absolute atomic E-state index is 6.03. The van der Waals surface area contributed by atoms with Crippen molar-refractivity contribution in [2.24, 2.45) is 17.6 Å². The van der Waals surface area contributed by atoms with Gasteiger partial charge in [-0.1, -0.05) is 50.5 Å². The van der Waals surface area contributed by atoms with Crippen LogP contribution in [0.5, 0.6) is 0 Å². The van der Waals surface area contributed by atoms with Gasteiger partial charge in [-0.15, -0.1) is 0 Å². The highest BCUT2D eigenvalue weighted by Crippen LogP contribution is 2.42. The molecular weight excluding hydrogens is 242 g/mol. The molecule has 0 bridgehead atoms. The first kappa shape index (κ1) is 14.1. The first-order valence-electron chi connectivity index (χ1n) is 8.61. The van der Waals surface area contributed by atoms with Crippen molar-refractivity contribution < 1.29 is 0 Å². The Morgan fingerprint density at radius 3 is 2.25 bits per heavy atom. The van der Waals surface area contributed by atoms with Gasteiger partial charge in [-0.3, -0.25) is 0 Å². The van der Waals surface area contributed by atoms with Crippen LogP contribution in [0.25, 0.3) is 0 Å². The van der Waals surface area contributed by atoms with Gasteiger partial charge in [0.15, 0.2) is 0 Å². The lowest BCUT2D eigenvalue weighted by atomic mass is 9.70. The summed E-state index contributed by atoms with van der Waals surface area (Å²) >= 11 is 0. The van der Waals surface area contributed by atoms with Crippen LogP contribution in [-0.2, 0) is 0 Å². The van der Waals surface area contributed by atoms with E-state index in [4.69, 9.17) is 5.73 Å². The number of benzene rings is 1. The lowest BCUT2D eigenvalue weighted by Gasteiger charge is -2.36. The van der Waals surface area contributed by atoms with Crippen molar-refractivity contribution >= 4 is 0 Å². The Balaban J connectivity index is 1.74. The zero-order chi connectivity index (χ0) is 13.9. The molecule has 0 heterocycles. The molecule has 110 valence electrons. The lowest BCUT2D eigenvalue weighted by Crippen LogP contribution is -2.28. The minimum Gasteiger partial charge on any atom is -0.330 e. The van der Waals surface area contributed by atoms with Crippen molar-refractivity contribution in [3.05, 3.63) is 35.4 Å². The van der Waals surface area contributed by atoms with Crippen LogP contribution in [0.15, 0.2) is 24.3 Å². The smallest absolute Gasteiger partial charge is 0.00430 e. The molecular formula is C19H29N. The van der Waals surface area contributed by atoms with E-state index in [9.17, 15) is 0 Å². The quantitative estimate of drug-likeness (QED) is 0.834. The summed E-state index contributed by atoms with van der Waals surface area (Å²) in [6, 6.07) is 9.59. The molecule has 20 heavy (non-hydrogen) atoms.